The van der Waals surface area contributed by atoms with Crippen molar-refractivity contribution in [2.75, 3.05) is 7.11 Å². The van der Waals surface area contributed by atoms with Crippen LogP contribution in [0.4, 0.5) is 0 Å². The molecule has 0 aromatic heterocycles. The van der Waals surface area contributed by atoms with Crippen molar-refractivity contribution in [1.29, 1.82) is 0 Å². The molecule has 2 rings (SSSR count). The molecular weight excluding hydrogens is 190 g/mol. The largest absolute Gasteiger partial charge is 0.466 e. The molecule has 0 N–H and O–H groups in total. The van der Waals surface area contributed by atoms with Gasteiger partial charge in [0, 0.05) is 12.6 Å². The van der Waals surface area contributed by atoms with E-state index in [1.165, 1.54) is 7.11 Å². The Morgan fingerprint density at radius 2 is 2.27 bits per heavy atom. The van der Waals surface area contributed by atoms with Crippen LogP contribution in [0.5, 0.6) is 0 Å². The van der Waals surface area contributed by atoms with Crippen LogP contribution in [0.3, 0.4) is 0 Å². The zero-order valence-electron chi connectivity index (χ0n) is 8.43. The van der Waals surface area contributed by atoms with Gasteiger partial charge < -0.3 is 4.74 Å². The van der Waals surface area contributed by atoms with Crippen molar-refractivity contribution in [2.24, 2.45) is 4.99 Å². The molecule has 15 heavy (non-hydrogen) atoms. The van der Waals surface area contributed by atoms with Crippen molar-refractivity contribution in [1.82, 2.24) is 0 Å². The number of methoxy groups -OCH3 is 1. The molecule has 0 unspecified atom stereocenters. The number of ether oxygens (including phenoxy) is 1. The molecular formula is C12H11NO2. The SMILES string of the molecule is COC(=O)C1=CN=C2C=CC=CC=C2C1. The quantitative estimate of drug-likeness (QED) is 0.608. The van der Waals surface area contributed by atoms with Crippen LogP contribution in [-0.2, 0) is 9.53 Å². The Kier molecular flexibility index (Phi) is 2.63. The minimum absolute atomic E-state index is 0.309. The lowest BCUT2D eigenvalue weighted by molar-refractivity contribution is -0.136. The molecule has 1 heterocycles. The van der Waals surface area contributed by atoms with E-state index in [1.54, 1.807) is 6.20 Å². The van der Waals surface area contributed by atoms with Gasteiger partial charge in [0.15, 0.2) is 0 Å². The van der Waals surface area contributed by atoms with Gasteiger partial charge in [-0.2, -0.15) is 0 Å². The first-order valence-electron chi connectivity index (χ1n) is 4.70. The molecule has 3 heteroatoms. The summed E-state index contributed by atoms with van der Waals surface area (Å²) in [5, 5.41) is 0. The molecule has 0 fully saturated rings. The maximum absolute atomic E-state index is 11.3. The van der Waals surface area contributed by atoms with Crippen LogP contribution >= 0.6 is 0 Å². The number of hydrogen-bond donors (Lipinski definition) is 0. The fourth-order valence-electron chi connectivity index (χ4n) is 1.50. The van der Waals surface area contributed by atoms with Crippen molar-refractivity contribution < 1.29 is 9.53 Å². The van der Waals surface area contributed by atoms with E-state index in [1.807, 2.05) is 30.4 Å². The number of carbonyl (C=O) groups excluding carboxylic acids is 1. The number of nitrogens with zero attached hydrogens (tertiary/aromatic N) is 1. The van der Waals surface area contributed by atoms with Crippen LogP contribution < -0.4 is 0 Å². The topological polar surface area (TPSA) is 38.7 Å². The highest BCUT2D eigenvalue weighted by Gasteiger charge is 2.17. The Balaban J connectivity index is 2.32. The summed E-state index contributed by atoms with van der Waals surface area (Å²) in [5.74, 6) is -0.309. The predicted octanol–water partition coefficient (Wildman–Crippen LogP) is 1.94. The highest BCUT2D eigenvalue weighted by atomic mass is 16.5. The Hall–Kier alpha value is -1.90. The third kappa shape index (κ3) is 1.96. The molecule has 0 bridgehead atoms. The van der Waals surface area contributed by atoms with E-state index in [9.17, 15) is 4.79 Å². The summed E-state index contributed by atoms with van der Waals surface area (Å²) in [6.07, 6.45) is 11.9. The fourth-order valence-corrected chi connectivity index (χ4v) is 1.50. The number of carbonyl (C=O) groups is 1. The standard InChI is InChI=1S/C12H11NO2/c1-15-12(14)10-7-9-5-3-2-4-6-11(9)13-8-10/h2-6,8H,7H2,1H3. The lowest BCUT2D eigenvalue weighted by Gasteiger charge is -2.12. The zero-order chi connectivity index (χ0) is 10.7. The Morgan fingerprint density at radius 3 is 3.07 bits per heavy atom. The first kappa shape index (κ1) is 9.65. The first-order chi connectivity index (χ1) is 7.31. The molecule has 3 nitrogen and oxygen atoms in total. The Bertz CT molecular complexity index is 437. The fraction of sp³-hybridized carbons (Fsp3) is 0.167. The molecule has 0 atom stereocenters. The van der Waals surface area contributed by atoms with Crippen LogP contribution in [0.15, 0.2) is 52.7 Å². The molecule has 0 saturated heterocycles. The number of hydrogen-bond acceptors (Lipinski definition) is 3. The molecule has 0 saturated carbocycles. The number of allylic oxidation sites excluding steroid dienone is 6. The Morgan fingerprint density at radius 1 is 1.40 bits per heavy atom. The summed E-state index contributed by atoms with van der Waals surface area (Å²) in [4.78, 5) is 15.5. The minimum atomic E-state index is -0.309. The van der Waals surface area contributed by atoms with Gasteiger partial charge in [-0.25, -0.2) is 4.79 Å². The smallest absolute Gasteiger partial charge is 0.335 e. The molecule has 0 radical (unpaired) electrons. The molecule has 1 aliphatic carbocycles. The van der Waals surface area contributed by atoms with Gasteiger partial charge in [-0.3, -0.25) is 4.99 Å². The van der Waals surface area contributed by atoms with E-state index in [-0.39, 0.29) is 5.97 Å². The van der Waals surface area contributed by atoms with Crippen LogP contribution in [0, 0.1) is 0 Å². The van der Waals surface area contributed by atoms with Crippen molar-refractivity contribution >= 4 is 11.7 Å². The van der Waals surface area contributed by atoms with Crippen LogP contribution in [0.1, 0.15) is 6.42 Å². The second-order valence-corrected chi connectivity index (χ2v) is 3.27. The Labute approximate surface area is 88.2 Å². The van der Waals surface area contributed by atoms with Gasteiger partial charge in [0.05, 0.1) is 18.4 Å². The summed E-state index contributed by atoms with van der Waals surface area (Å²) in [6, 6.07) is 0. The van der Waals surface area contributed by atoms with E-state index < -0.39 is 0 Å². The average Bonchev–Trinajstić information content (AvgIpc) is 2.51. The summed E-state index contributed by atoms with van der Waals surface area (Å²) in [6.45, 7) is 0. The van der Waals surface area contributed by atoms with Gasteiger partial charge in [-0.1, -0.05) is 24.3 Å². The zero-order valence-corrected chi connectivity index (χ0v) is 8.43. The first-order valence-corrected chi connectivity index (χ1v) is 4.70. The maximum Gasteiger partial charge on any atom is 0.335 e. The molecule has 0 aromatic rings. The lowest BCUT2D eigenvalue weighted by Crippen LogP contribution is -2.12. The molecule has 2 aliphatic rings. The average molecular weight is 201 g/mol. The maximum atomic E-state index is 11.3. The lowest BCUT2D eigenvalue weighted by atomic mass is 9.99. The van der Waals surface area contributed by atoms with E-state index in [0.717, 1.165) is 11.3 Å². The number of aliphatic imine (C=N–C) groups is 1. The number of rotatable bonds is 1. The summed E-state index contributed by atoms with van der Waals surface area (Å²) < 4.78 is 4.66. The van der Waals surface area contributed by atoms with E-state index in [0.29, 0.717) is 12.0 Å². The monoisotopic (exact) mass is 201 g/mol. The number of esters is 1. The second-order valence-electron chi connectivity index (χ2n) is 3.27. The summed E-state index contributed by atoms with van der Waals surface area (Å²) in [7, 11) is 1.38. The van der Waals surface area contributed by atoms with Crippen LogP contribution in [-0.4, -0.2) is 18.8 Å². The van der Waals surface area contributed by atoms with E-state index in [4.69, 9.17) is 0 Å². The van der Waals surface area contributed by atoms with Crippen LogP contribution in [0.25, 0.3) is 0 Å². The summed E-state index contributed by atoms with van der Waals surface area (Å²) >= 11 is 0. The van der Waals surface area contributed by atoms with Crippen molar-refractivity contribution in [3.8, 4) is 0 Å². The number of fused-ring (bicyclic) bond motifs is 1. The second kappa shape index (κ2) is 4.09. The third-order valence-electron chi connectivity index (χ3n) is 2.29. The van der Waals surface area contributed by atoms with Gasteiger partial charge >= 0.3 is 5.97 Å². The highest BCUT2D eigenvalue weighted by molar-refractivity contribution is 6.11. The molecule has 0 aromatic carbocycles. The molecule has 0 spiro atoms. The van der Waals surface area contributed by atoms with E-state index >= 15 is 0 Å². The highest BCUT2D eigenvalue weighted by Crippen LogP contribution is 2.21. The van der Waals surface area contributed by atoms with E-state index in [2.05, 4.69) is 9.73 Å². The van der Waals surface area contributed by atoms with Gasteiger partial charge in [-0.05, 0) is 11.6 Å². The van der Waals surface area contributed by atoms with Crippen molar-refractivity contribution in [3.05, 3.63) is 47.7 Å². The predicted molar refractivity (Wildman–Crippen MR) is 58.5 cm³/mol. The van der Waals surface area contributed by atoms with Crippen molar-refractivity contribution in [2.45, 2.75) is 6.42 Å². The summed E-state index contributed by atoms with van der Waals surface area (Å²) in [5.41, 5.74) is 2.55. The van der Waals surface area contributed by atoms with Gasteiger partial charge in [0.25, 0.3) is 0 Å². The third-order valence-corrected chi connectivity index (χ3v) is 2.29. The van der Waals surface area contributed by atoms with Gasteiger partial charge in [0.2, 0.25) is 0 Å². The van der Waals surface area contributed by atoms with Crippen LogP contribution in [0.2, 0.25) is 0 Å². The molecule has 0 amide bonds. The normalized spacial score (nSPS) is 18.3. The minimum Gasteiger partial charge on any atom is -0.466 e. The molecule has 76 valence electrons. The van der Waals surface area contributed by atoms with Crippen molar-refractivity contribution in [3.63, 3.8) is 0 Å². The van der Waals surface area contributed by atoms with Gasteiger partial charge in [-0.15, -0.1) is 0 Å². The van der Waals surface area contributed by atoms with Gasteiger partial charge in [0.1, 0.15) is 0 Å². The molecule has 1 aliphatic heterocycles.